The van der Waals surface area contributed by atoms with E-state index in [1.54, 1.807) is 25.3 Å². The number of hydrogen-bond acceptors (Lipinski definition) is 8. The number of aliphatic hydroxyl groups excluding tert-OH is 2. The van der Waals surface area contributed by atoms with Crippen molar-refractivity contribution in [1.82, 2.24) is 4.90 Å². The van der Waals surface area contributed by atoms with E-state index in [9.17, 15) is 15.0 Å². The van der Waals surface area contributed by atoms with Gasteiger partial charge in [0.25, 0.3) is 0 Å². The van der Waals surface area contributed by atoms with Crippen molar-refractivity contribution < 1.29 is 29.2 Å². The van der Waals surface area contributed by atoms with Crippen LogP contribution in [0.1, 0.15) is 17.3 Å². The summed E-state index contributed by atoms with van der Waals surface area (Å²) in [5, 5.41) is 20.3. The number of ether oxygens (including phenoxy) is 3. The molecule has 1 saturated heterocycles. The Morgan fingerprint density at radius 2 is 1.78 bits per heavy atom. The van der Waals surface area contributed by atoms with Crippen LogP contribution < -0.4 is 19.1 Å². The van der Waals surface area contributed by atoms with E-state index in [1.807, 2.05) is 18.2 Å². The molecule has 8 nitrogen and oxygen atoms in total. The van der Waals surface area contributed by atoms with Crippen molar-refractivity contribution in [3.63, 3.8) is 0 Å². The van der Waals surface area contributed by atoms with Crippen LogP contribution in [0.15, 0.2) is 42.5 Å². The Balaban J connectivity index is 1.28. The highest BCUT2D eigenvalue weighted by atomic mass is 16.5. The second kappa shape index (κ2) is 9.77. The van der Waals surface area contributed by atoms with Gasteiger partial charge in [-0.3, -0.25) is 9.69 Å². The van der Waals surface area contributed by atoms with Crippen LogP contribution in [0, 0.1) is 0 Å². The predicted octanol–water partition coefficient (Wildman–Crippen LogP) is 1.58. The van der Waals surface area contributed by atoms with Gasteiger partial charge >= 0.3 is 0 Å². The Bertz CT molecular complexity index is 942. The Labute approximate surface area is 187 Å². The van der Waals surface area contributed by atoms with Crippen LogP contribution in [-0.2, 0) is 0 Å². The quantitative estimate of drug-likeness (QED) is 0.637. The highest BCUT2D eigenvalue weighted by Gasteiger charge is 2.37. The first kappa shape index (κ1) is 22.4. The lowest BCUT2D eigenvalue weighted by molar-refractivity contribution is 0.0454. The summed E-state index contributed by atoms with van der Waals surface area (Å²) >= 11 is 0. The number of nitrogens with zero attached hydrogens (tertiary/aromatic N) is 2. The molecule has 0 bridgehead atoms. The molecule has 0 radical (unpaired) electrons. The number of Topliss-reactive ketones (excluding diaryl/α,β-unsaturated/α-hetero) is 1. The first-order valence-corrected chi connectivity index (χ1v) is 10.9. The molecule has 172 valence electrons. The lowest BCUT2D eigenvalue weighted by atomic mass is 10.1. The van der Waals surface area contributed by atoms with Crippen LogP contribution in [-0.4, -0.2) is 85.6 Å². The van der Waals surface area contributed by atoms with Gasteiger partial charge in [0.1, 0.15) is 18.5 Å². The van der Waals surface area contributed by atoms with Gasteiger partial charge in [0.15, 0.2) is 17.6 Å². The number of fused-ring (bicyclic) bond motifs is 1. The Morgan fingerprint density at radius 3 is 2.50 bits per heavy atom. The summed E-state index contributed by atoms with van der Waals surface area (Å²) in [6, 6.07) is 13.1. The van der Waals surface area contributed by atoms with Gasteiger partial charge in [-0.25, -0.2) is 0 Å². The maximum absolute atomic E-state index is 12.4. The molecule has 32 heavy (non-hydrogen) atoms. The summed E-state index contributed by atoms with van der Waals surface area (Å²) in [6.07, 6.45) is -2.52. The average molecular weight is 443 g/mol. The van der Waals surface area contributed by atoms with E-state index in [0.29, 0.717) is 23.6 Å². The summed E-state index contributed by atoms with van der Waals surface area (Å²) in [5.41, 5.74) is 1.48. The van der Waals surface area contributed by atoms with Crippen LogP contribution in [0.3, 0.4) is 0 Å². The zero-order chi connectivity index (χ0) is 22.7. The van der Waals surface area contributed by atoms with Crippen molar-refractivity contribution in [3.05, 3.63) is 48.0 Å². The first-order valence-electron chi connectivity index (χ1n) is 10.9. The molecule has 3 unspecified atom stereocenters. The third-order valence-corrected chi connectivity index (χ3v) is 5.88. The second-order valence-electron chi connectivity index (χ2n) is 8.20. The fourth-order valence-corrected chi connectivity index (χ4v) is 4.20. The largest absolute Gasteiger partial charge is 0.495 e. The molecule has 0 saturated carbocycles. The van der Waals surface area contributed by atoms with Gasteiger partial charge in [0.05, 0.1) is 24.5 Å². The van der Waals surface area contributed by atoms with E-state index in [4.69, 9.17) is 14.2 Å². The molecule has 0 spiro atoms. The molecule has 2 aliphatic heterocycles. The molecule has 8 heteroatoms. The summed E-state index contributed by atoms with van der Waals surface area (Å²) in [6.45, 7) is 5.43. The molecule has 0 aliphatic carbocycles. The average Bonchev–Trinajstić information content (AvgIpc) is 3.15. The fraction of sp³-hybridized carbons (Fsp3) is 0.458. The maximum Gasteiger partial charge on any atom is 0.209 e. The minimum atomic E-state index is -0.917. The van der Waals surface area contributed by atoms with Crippen LogP contribution >= 0.6 is 0 Å². The summed E-state index contributed by atoms with van der Waals surface area (Å²) < 4.78 is 16.9. The predicted molar refractivity (Wildman–Crippen MR) is 120 cm³/mol. The van der Waals surface area contributed by atoms with E-state index in [1.165, 1.54) is 6.92 Å². The van der Waals surface area contributed by atoms with Gasteiger partial charge in [-0.15, -0.1) is 0 Å². The van der Waals surface area contributed by atoms with Crippen molar-refractivity contribution in [2.24, 2.45) is 0 Å². The van der Waals surface area contributed by atoms with E-state index in [0.717, 1.165) is 37.6 Å². The SMILES string of the molecule is COc1ccccc1N1CCN(CC(O)COc2cccc3c2OC(C(C)O)C3=O)CC1. The molecular weight excluding hydrogens is 412 g/mol. The normalized spacial score (nSPS) is 20.4. The third kappa shape index (κ3) is 4.67. The Kier molecular flexibility index (Phi) is 6.83. The number of anilines is 1. The van der Waals surface area contributed by atoms with Crippen molar-refractivity contribution in [1.29, 1.82) is 0 Å². The number of ketones is 1. The monoisotopic (exact) mass is 442 g/mol. The fourth-order valence-electron chi connectivity index (χ4n) is 4.20. The number of hydrogen-bond donors (Lipinski definition) is 2. The zero-order valence-corrected chi connectivity index (χ0v) is 18.4. The molecule has 0 aromatic heterocycles. The third-order valence-electron chi connectivity index (χ3n) is 5.88. The lowest BCUT2D eigenvalue weighted by Gasteiger charge is -2.37. The topological polar surface area (TPSA) is 91.7 Å². The van der Waals surface area contributed by atoms with Gasteiger partial charge < -0.3 is 29.3 Å². The van der Waals surface area contributed by atoms with Gasteiger partial charge in [-0.05, 0) is 31.2 Å². The number of β-amino-alcohol motifs (C(OH)–C–C–N with tert-alkyl or cyclic N) is 1. The molecule has 3 atom stereocenters. The molecule has 4 rings (SSSR count). The summed E-state index contributed by atoms with van der Waals surface area (Å²) in [5.74, 6) is 1.34. The van der Waals surface area contributed by atoms with Crippen LogP contribution in [0.2, 0.25) is 0 Å². The van der Waals surface area contributed by atoms with Crippen molar-refractivity contribution in [2.45, 2.75) is 25.2 Å². The standard InChI is InChI=1S/C24H30N2O6/c1-16(27)23-22(29)18-6-5-9-21(24(18)32-23)31-15-17(28)14-25-10-12-26(13-11-25)19-7-3-4-8-20(19)30-2/h3-9,16-17,23,27-28H,10-15H2,1-2H3. The number of rotatable bonds is 8. The number of methoxy groups -OCH3 is 1. The number of carbonyl (C=O) groups excluding carboxylic acids is 1. The van der Waals surface area contributed by atoms with Gasteiger partial charge in [0, 0.05) is 32.7 Å². The highest BCUT2D eigenvalue weighted by molar-refractivity contribution is 6.05. The van der Waals surface area contributed by atoms with E-state index in [-0.39, 0.29) is 12.4 Å². The van der Waals surface area contributed by atoms with Gasteiger partial charge in [-0.2, -0.15) is 0 Å². The van der Waals surface area contributed by atoms with E-state index in [2.05, 4.69) is 15.9 Å². The van der Waals surface area contributed by atoms with Crippen molar-refractivity contribution >= 4 is 11.5 Å². The molecule has 2 heterocycles. The maximum atomic E-state index is 12.4. The molecule has 2 aromatic carbocycles. The summed E-state index contributed by atoms with van der Waals surface area (Å²) in [4.78, 5) is 16.8. The van der Waals surface area contributed by atoms with Crippen LogP contribution in [0.5, 0.6) is 17.2 Å². The van der Waals surface area contributed by atoms with Crippen molar-refractivity contribution in [2.75, 3.05) is 51.3 Å². The number of benzene rings is 2. The Hall–Kier alpha value is -2.81. The van der Waals surface area contributed by atoms with E-state index < -0.39 is 18.3 Å². The summed E-state index contributed by atoms with van der Waals surface area (Å²) in [7, 11) is 1.68. The van der Waals surface area contributed by atoms with Crippen LogP contribution in [0.25, 0.3) is 0 Å². The molecule has 2 aromatic rings. The smallest absolute Gasteiger partial charge is 0.209 e. The Morgan fingerprint density at radius 1 is 1.06 bits per heavy atom. The first-order chi connectivity index (χ1) is 15.5. The molecule has 0 amide bonds. The van der Waals surface area contributed by atoms with Gasteiger partial charge in [-0.1, -0.05) is 18.2 Å². The number of para-hydroxylation sites is 3. The number of piperazine rings is 1. The number of carbonyl (C=O) groups is 1. The minimum absolute atomic E-state index is 0.0834. The van der Waals surface area contributed by atoms with Crippen LogP contribution in [0.4, 0.5) is 5.69 Å². The highest BCUT2D eigenvalue weighted by Crippen LogP contribution is 2.38. The lowest BCUT2D eigenvalue weighted by Crippen LogP contribution is -2.49. The number of aliphatic hydroxyl groups is 2. The molecular formula is C24H30N2O6. The van der Waals surface area contributed by atoms with Crippen molar-refractivity contribution in [3.8, 4) is 17.2 Å². The molecule has 2 N–H and O–H groups in total. The van der Waals surface area contributed by atoms with Gasteiger partial charge in [0.2, 0.25) is 5.78 Å². The second-order valence-corrected chi connectivity index (χ2v) is 8.20. The zero-order valence-electron chi connectivity index (χ0n) is 18.4. The minimum Gasteiger partial charge on any atom is -0.495 e. The molecule has 2 aliphatic rings. The molecule has 1 fully saturated rings. The van der Waals surface area contributed by atoms with E-state index >= 15 is 0 Å².